The Hall–Kier alpha value is -3.19. The Kier molecular flexibility index (Phi) is 3.46. The van der Waals surface area contributed by atoms with Crippen molar-refractivity contribution in [1.29, 1.82) is 0 Å². The Balaban J connectivity index is 1.55. The highest BCUT2D eigenvalue weighted by molar-refractivity contribution is 5.98. The van der Waals surface area contributed by atoms with Gasteiger partial charge in [0, 0.05) is 13.1 Å². The van der Waals surface area contributed by atoms with Crippen LogP contribution in [0.5, 0.6) is 23.3 Å². The molecule has 0 saturated carbocycles. The quantitative estimate of drug-likeness (QED) is 0.526. The fourth-order valence-corrected chi connectivity index (χ4v) is 3.11. The van der Waals surface area contributed by atoms with Crippen LogP contribution < -0.4 is 9.47 Å². The second-order valence-corrected chi connectivity index (χ2v) is 6.06. The summed E-state index contributed by atoms with van der Waals surface area (Å²) in [5.74, 6) is 1.29. The summed E-state index contributed by atoms with van der Waals surface area (Å²) in [4.78, 5) is 23.6. The van der Waals surface area contributed by atoms with Crippen LogP contribution in [-0.2, 0) is 4.74 Å². The molecule has 1 amide bonds. The first-order valence-corrected chi connectivity index (χ1v) is 8.42. The van der Waals surface area contributed by atoms with E-state index in [1.165, 1.54) is 0 Å². The number of nitrogens with zero attached hydrogens (tertiary/aromatic N) is 3. The summed E-state index contributed by atoms with van der Waals surface area (Å²) < 4.78 is 17.1. The molecule has 0 aliphatic carbocycles. The average molecular weight is 349 g/mol. The maximum Gasteiger partial charge on any atom is 0.284 e. The van der Waals surface area contributed by atoms with Gasteiger partial charge in [0.1, 0.15) is 0 Å². The minimum atomic E-state index is -0.106. The fraction of sp³-hybridized carbons (Fsp3) is 0.211. The minimum Gasteiger partial charge on any atom is -0.431 e. The van der Waals surface area contributed by atoms with E-state index >= 15 is 0 Å². The van der Waals surface area contributed by atoms with Crippen molar-refractivity contribution in [3.05, 3.63) is 48.0 Å². The zero-order valence-corrected chi connectivity index (χ0v) is 13.8. The van der Waals surface area contributed by atoms with Crippen LogP contribution in [0.3, 0.4) is 0 Å². The molecule has 3 heterocycles. The van der Waals surface area contributed by atoms with Crippen molar-refractivity contribution >= 4 is 16.9 Å². The molecule has 0 bridgehead atoms. The van der Waals surface area contributed by atoms with E-state index in [1.54, 1.807) is 23.1 Å². The molecule has 1 aromatic heterocycles. The second-order valence-electron chi connectivity index (χ2n) is 6.06. The van der Waals surface area contributed by atoms with Crippen molar-refractivity contribution < 1.29 is 19.0 Å². The lowest BCUT2D eigenvalue weighted by Crippen LogP contribution is -2.40. The van der Waals surface area contributed by atoms with Crippen LogP contribution in [0.4, 0.5) is 0 Å². The molecule has 2 aliphatic heterocycles. The highest BCUT2D eigenvalue weighted by atomic mass is 16.6. The van der Waals surface area contributed by atoms with Gasteiger partial charge in [-0.15, -0.1) is 0 Å². The molecule has 0 N–H and O–H groups in total. The zero-order chi connectivity index (χ0) is 17.5. The summed E-state index contributed by atoms with van der Waals surface area (Å²) in [7, 11) is 0. The van der Waals surface area contributed by atoms with E-state index < -0.39 is 0 Å². The van der Waals surface area contributed by atoms with Crippen LogP contribution in [-0.4, -0.2) is 47.1 Å². The molecule has 1 fully saturated rings. The van der Waals surface area contributed by atoms with E-state index in [4.69, 9.17) is 14.2 Å². The highest BCUT2D eigenvalue weighted by Crippen LogP contribution is 2.45. The lowest BCUT2D eigenvalue weighted by molar-refractivity contribution is 0.0300. The molecule has 0 spiro atoms. The van der Waals surface area contributed by atoms with Crippen LogP contribution in [0, 0.1) is 0 Å². The summed E-state index contributed by atoms with van der Waals surface area (Å²) in [6.45, 7) is 2.20. The van der Waals surface area contributed by atoms with Crippen LogP contribution in [0.2, 0.25) is 0 Å². The van der Waals surface area contributed by atoms with Crippen molar-refractivity contribution in [3.8, 4) is 23.3 Å². The number of hydrogen-bond donors (Lipinski definition) is 0. The lowest BCUT2D eigenvalue weighted by Gasteiger charge is -2.28. The number of fused-ring (bicyclic) bond motifs is 3. The molecule has 0 radical (unpaired) electrons. The molecular formula is C19H15N3O4. The number of aromatic nitrogens is 2. The molecule has 7 nitrogen and oxygen atoms in total. The van der Waals surface area contributed by atoms with E-state index in [0.29, 0.717) is 54.8 Å². The second kappa shape index (κ2) is 5.96. The van der Waals surface area contributed by atoms with Gasteiger partial charge in [-0.25, -0.2) is 9.97 Å². The van der Waals surface area contributed by atoms with Gasteiger partial charge in [-0.1, -0.05) is 18.2 Å². The lowest BCUT2D eigenvalue weighted by atomic mass is 10.1. The smallest absolute Gasteiger partial charge is 0.284 e. The predicted molar refractivity (Wildman–Crippen MR) is 92.9 cm³/mol. The van der Waals surface area contributed by atoms with Crippen LogP contribution >= 0.6 is 0 Å². The van der Waals surface area contributed by atoms with Crippen molar-refractivity contribution in [2.45, 2.75) is 0 Å². The number of carbonyl (C=O) groups is 1. The van der Waals surface area contributed by atoms with E-state index in [9.17, 15) is 4.79 Å². The maximum atomic E-state index is 12.9. The SMILES string of the molecule is O=C(c1cccc2c1Oc1nc3ccccc3nc1O2)N1CCOCC1. The number of ether oxygens (including phenoxy) is 3. The van der Waals surface area contributed by atoms with Gasteiger partial charge < -0.3 is 19.1 Å². The number of rotatable bonds is 1. The van der Waals surface area contributed by atoms with Gasteiger partial charge in [-0.3, -0.25) is 4.79 Å². The summed E-state index contributed by atoms with van der Waals surface area (Å²) in [6.07, 6.45) is 0. The predicted octanol–water partition coefficient (Wildman–Crippen LogP) is 3.00. The van der Waals surface area contributed by atoms with Crippen molar-refractivity contribution in [3.63, 3.8) is 0 Å². The molecule has 7 heteroatoms. The van der Waals surface area contributed by atoms with E-state index in [-0.39, 0.29) is 11.8 Å². The molecular weight excluding hydrogens is 334 g/mol. The molecule has 5 rings (SSSR count). The molecule has 2 aliphatic rings. The van der Waals surface area contributed by atoms with E-state index in [0.717, 1.165) is 5.52 Å². The monoisotopic (exact) mass is 349 g/mol. The Bertz CT molecular complexity index is 1010. The van der Waals surface area contributed by atoms with E-state index in [2.05, 4.69) is 9.97 Å². The van der Waals surface area contributed by atoms with Gasteiger partial charge in [0.25, 0.3) is 17.7 Å². The molecule has 3 aromatic rings. The van der Waals surface area contributed by atoms with Crippen LogP contribution in [0.1, 0.15) is 10.4 Å². The van der Waals surface area contributed by atoms with Crippen molar-refractivity contribution in [2.24, 2.45) is 0 Å². The Morgan fingerprint density at radius 2 is 1.58 bits per heavy atom. The third kappa shape index (κ3) is 2.44. The topological polar surface area (TPSA) is 73.8 Å². The number of para-hydroxylation sites is 3. The van der Waals surface area contributed by atoms with Crippen molar-refractivity contribution in [2.75, 3.05) is 26.3 Å². The Labute approximate surface area is 149 Å². The number of benzene rings is 2. The average Bonchev–Trinajstić information content (AvgIpc) is 2.70. The molecule has 0 atom stereocenters. The van der Waals surface area contributed by atoms with Gasteiger partial charge in [0.15, 0.2) is 11.5 Å². The first-order valence-electron chi connectivity index (χ1n) is 8.42. The number of amides is 1. The number of carbonyl (C=O) groups excluding carboxylic acids is 1. The maximum absolute atomic E-state index is 12.9. The summed E-state index contributed by atoms with van der Waals surface area (Å²) in [6, 6.07) is 12.8. The standard InChI is InChI=1S/C19H15N3O4/c23-19(22-8-10-24-11-9-22)12-4-3-7-15-16(12)26-18-17(25-15)20-13-5-1-2-6-14(13)21-18/h1-7H,8-11H2. The van der Waals surface area contributed by atoms with E-state index in [1.807, 2.05) is 24.3 Å². The molecule has 0 unspecified atom stereocenters. The third-order valence-electron chi connectivity index (χ3n) is 4.42. The van der Waals surface area contributed by atoms with Crippen LogP contribution in [0.15, 0.2) is 42.5 Å². The minimum absolute atomic E-state index is 0.106. The van der Waals surface area contributed by atoms with Gasteiger partial charge in [-0.2, -0.15) is 0 Å². The molecule has 130 valence electrons. The molecule has 1 saturated heterocycles. The summed E-state index contributed by atoms with van der Waals surface area (Å²) in [5.41, 5.74) is 1.87. The van der Waals surface area contributed by atoms with Crippen LogP contribution in [0.25, 0.3) is 11.0 Å². The number of hydrogen-bond acceptors (Lipinski definition) is 6. The Morgan fingerprint density at radius 1 is 0.885 bits per heavy atom. The summed E-state index contributed by atoms with van der Waals surface area (Å²) >= 11 is 0. The first kappa shape index (κ1) is 15.1. The first-order chi connectivity index (χ1) is 12.8. The number of morpholine rings is 1. The summed E-state index contributed by atoms with van der Waals surface area (Å²) in [5, 5.41) is 0. The molecule has 26 heavy (non-hydrogen) atoms. The molecule has 2 aromatic carbocycles. The van der Waals surface area contributed by atoms with Gasteiger partial charge in [0.2, 0.25) is 0 Å². The third-order valence-corrected chi connectivity index (χ3v) is 4.42. The highest BCUT2D eigenvalue weighted by Gasteiger charge is 2.29. The fourth-order valence-electron chi connectivity index (χ4n) is 3.11. The normalized spacial score (nSPS) is 15.6. The van der Waals surface area contributed by atoms with Gasteiger partial charge >= 0.3 is 0 Å². The van der Waals surface area contributed by atoms with Crippen molar-refractivity contribution in [1.82, 2.24) is 14.9 Å². The van der Waals surface area contributed by atoms with Gasteiger partial charge in [-0.05, 0) is 24.3 Å². The largest absolute Gasteiger partial charge is 0.431 e. The Morgan fingerprint density at radius 3 is 2.31 bits per heavy atom. The zero-order valence-electron chi connectivity index (χ0n) is 13.8. The van der Waals surface area contributed by atoms with Gasteiger partial charge in [0.05, 0.1) is 29.8 Å².